The first-order valence-electron chi connectivity index (χ1n) is 8.81. The standard InChI is InChI=1S/C20H18BrF3N2O4S/c1-20(2,3)30-16(27)11-26(10-13-7-5-4-6-12(13)9-25)31(28,29)19-14(21)8-15(22)17(23)18(19)24/h4-8H,10-11H2,1-3H3. The number of nitriles is 1. The highest BCUT2D eigenvalue weighted by Gasteiger charge is 2.35. The number of hydrogen-bond donors (Lipinski definition) is 0. The highest BCUT2D eigenvalue weighted by atomic mass is 79.9. The molecule has 0 aliphatic rings. The summed E-state index contributed by atoms with van der Waals surface area (Å²) < 4.78 is 73.3. The van der Waals surface area contributed by atoms with Crippen LogP contribution in [0.2, 0.25) is 0 Å². The lowest BCUT2D eigenvalue weighted by Gasteiger charge is -2.25. The van der Waals surface area contributed by atoms with Gasteiger partial charge in [0.05, 0.1) is 11.6 Å². The van der Waals surface area contributed by atoms with E-state index in [0.29, 0.717) is 10.4 Å². The van der Waals surface area contributed by atoms with Crippen LogP contribution in [0.15, 0.2) is 39.7 Å². The lowest BCUT2D eigenvalue weighted by Crippen LogP contribution is -2.39. The molecule has 0 spiro atoms. The Kier molecular flexibility index (Phi) is 7.52. The Bertz CT molecular complexity index is 1160. The Balaban J connectivity index is 2.60. The van der Waals surface area contributed by atoms with Gasteiger partial charge in [0.25, 0.3) is 0 Å². The molecule has 2 rings (SSSR count). The third kappa shape index (κ3) is 5.84. The van der Waals surface area contributed by atoms with E-state index >= 15 is 0 Å². The van der Waals surface area contributed by atoms with E-state index in [1.165, 1.54) is 12.1 Å². The highest BCUT2D eigenvalue weighted by molar-refractivity contribution is 9.10. The summed E-state index contributed by atoms with van der Waals surface area (Å²) >= 11 is 2.74. The number of rotatable bonds is 6. The van der Waals surface area contributed by atoms with Crippen LogP contribution < -0.4 is 0 Å². The molecule has 2 aromatic rings. The number of carbonyl (C=O) groups excluding carboxylic acids is 1. The summed E-state index contributed by atoms with van der Waals surface area (Å²) in [6.45, 7) is 3.33. The monoisotopic (exact) mass is 518 g/mol. The second kappa shape index (κ2) is 9.38. The van der Waals surface area contributed by atoms with Crippen LogP contribution >= 0.6 is 15.9 Å². The minimum atomic E-state index is -4.88. The second-order valence-electron chi connectivity index (χ2n) is 7.43. The molecule has 0 saturated carbocycles. The minimum Gasteiger partial charge on any atom is -0.459 e. The first kappa shape index (κ1) is 24.8. The van der Waals surface area contributed by atoms with Gasteiger partial charge in [-0.05, 0) is 54.4 Å². The zero-order chi connectivity index (χ0) is 23.6. The molecule has 0 fully saturated rings. The molecule has 0 N–H and O–H groups in total. The number of benzene rings is 2. The smallest absolute Gasteiger partial charge is 0.321 e. The summed E-state index contributed by atoms with van der Waals surface area (Å²) in [6.07, 6.45) is 0. The number of ether oxygens (including phenoxy) is 1. The molecule has 0 bridgehead atoms. The first-order valence-corrected chi connectivity index (χ1v) is 11.0. The Hall–Kier alpha value is -2.42. The van der Waals surface area contributed by atoms with E-state index in [9.17, 15) is 31.6 Å². The second-order valence-corrected chi connectivity index (χ2v) is 10.2. The van der Waals surface area contributed by atoms with Gasteiger partial charge in [-0.25, -0.2) is 21.6 Å². The molecule has 0 saturated heterocycles. The van der Waals surface area contributed by atoms with Gasteiger partial charge in [-0.15, -0.1) is 0 Å². The normalized spacial score (nSPS) is 12.0. The van der Waals surface area contributed by atoms with Gasteiger partial charge in [0.2, 0.25) is 10.0 Å². The maximum absolute atomic E-state index is 14.5. The molecule has 0 radical (unpaired) electrons. The molecule has 0 unspecified atom stereocenters. The van der Waals surface area contributed by atoms with Crippen LogP contribution in [0.4, 0.5) is 13.2 Å². The van der Waals surface area contributed by atoms with Crippen LogP contribution in [-0.2, 0) is 26.1 Å². The zero-order valence-corrected chi connectivity index (χ0v) is 19.2. The van der Waals surface area contributed by atoms with Gasteiger partial charge >= 0.3 is 5.97 Å². The van der Waals surface area contributed by atoms with Crippen LogP contribution in [0.5, 0.6) is 0 Å². The average molecular weight is 519 g/mol. The fourth-order valence-corrected chi connectivity index (χ4v) is 5.07. The quantitative estimate of drug-likeness (QED) is 0.323. The predicted octanol–water partition coefficient (Wildman–Crippen LogP) is 4.27. The van der Waals surface area contributed by atoms with Crippen molar-refractivity contribution in [2.45, 2.75) is 37.8 Å². The van der Waals surface area contributed by atoms with Crippen LogP contribution in [0.1, 0.15) is 31.9 Å². The Morgan fingerprint density at radius 1 is 1.19 bits per heavy atom. The van der Waals surface area contributed by atoms with Crippen molar-refractivity contribution in [1.82, 2.24) is 4.31 Å². The van der Waals surface area contributed by atoms with Crippen LogP contribution in [0, 0.1) is 28.8 Å². The Labute approximate surface area is 186 Å². The van der Waals surface area contributed by atoms with E-state index in [0.717, 1.165) is 0 Å². The number of sulfonamides is 1. The van der Waals surface area contributed by atoms with Crippen LogP contribution in [0.3, 0.4) is 0 Å². The molecule has 0 heterocycles. The van der Waals surface area contributed by atoms with E-state index in [4.69, 9.17) is 4.74 Å². The number of hydrogen-bond acceptors (Lipinski definition) is 5. The minimum absolute atomic E-state index is 0.122. The van der Waals surface area contributed by atoms with Gasteiger partial charge in [0.15, 0.2) is 17.5 Å². The summed E-state index contributed by atoms with van der Waals surface area (Å²) in [7, 11) is -4.88. The van der Waals surface area contributed by atoms with Gasteiger partial charge < -0.3 is 4.74 Å². The summed E-state index contributed by atoms with van der Waals surface area (Å²) in [4.78, 5) is 11.2. The first-order chi connectivity index (χ1) is 14.3. The average Bonchev–Trinajstić information content (AvgIpc) is 2.64. The van der Waals surface area contributed by atoms with Crippen molar-refractivity contribution in [1.29, 1.82) is 5.26 Å². The maximum atomic E-state index is 14.5. The lowest BCUT2D eigenvalue weighted by molar-refractivity contribution is -0.155. The number of halogens is 4. The molecular weight excluding hydrogens is 501 g/mol. The fourth-order valence-electron chi connectivity index (χ4n) is 2.62. The summed E-state index contributed by atoms with van der Waals surface area (Å²) in [5, 5.41) is 9.27. The van der Waals surface area contributed by atoms with E-state index in [1.807, 2.05) is 6.07 Å². The van der Waals surface area contributed by atoms with E-state index in [1.54, 1.807) is 32.9 Å². The van der Waals surface area contributed by atoms with Gasteiger partial charge in [-0.3, -0.25) is 4.79 Å². The molecule has 166 valence electrons. The predicted molar refractivity (Wildman–Crippen MR) is 109 cm³/mol. The Morgan fingerprint density at radius 2 is 1.81 bits per heavy atom. The van der Waals surface area contributed by atoms with Crippen molar-refractivity contribution in [3.8, 4) is 6.07 Å². The van der Waals surface area contributed by atoms with Crippen molar-refractivity contribution >= 4 is 31.9 Å². The van der Waals surface area contributed by atoms with Crippen molar-refractivity contribution < 1.29 is 31.1 Å². The molecule has 0 aliphatic heterocycles. The SMILES string of the molecule is CC(C)(C)OC(=O)CN(Cc1ccccc1C#N)S(=O)(=O)c1c(Br)cc(F)c(F)c1F. The maximum Gasteiger partial charge on any atom is 0.321 e. The van der Waals surface area contributed by atoms with E-state index < -0.39 is 61.5 Å². The van der Waals surface area contributed by atoms with Gasteiger partial charge in [-0.2, -0.15) is 9.57 Å². The number of carbonyl (C=O) groups is 1. The number of nitrogens with zero attached hydrogens (tertiary/aromatic N) is 2. The zero-order valence-electron chi connectivity index (χ0n) is 16.7. The third-order valence-electron chi connectivity index (χ3n) is 3.88. The molecule has 2 aromatic carbocycles. The molecule has 31 heavy (non-hydrogen) atoms. The third-order valence-corrected chi connectivity index (χ3v) is 6.62. The van der Waals surface area contributed by atoms with Crippen molar-refractivity contribution in [3.63, 3.8) is 0 Å². The van der Waals surface area contributed by atoms with Crippen molar-refractivity contribution in [2.24, 2.45) is 0 Å². The largest absolute Gasteiger partial charge is 0.459 e. The van der Waals surface area contributed by atoms with Crippen molar-refractivity contribution in [3.05, 3.63) is 63.4 Å². The molecule has 0 aliphatic carbocycles. The summed E-state index contributed by atoms with van der Waals surface area (Å²) in [5.74, 6) is -6.45. The van der Waals surface area contributed by atoms with Gasteiger partial charge in [0, 0.05) is 11.0 Å². The molecular formula is C20H18BrF3N2O4S. The fraction of sp³-hybridized carbons (Fsp3) is 0.300. The molecule has 6 nitrogen and oxygen atoms in total. The summed E-state index contributed by atoms with van der Waals surface area (Å²) in [6, 6.07) is 8.35. The molecule has 0 aromatic heterocycles. The molecule has 11 heteroatoms. The van der Waals surface area contributed by atoms with Gasteiger partial charge in [0.1, 0.15) is 17.0 Å². The number of esters is 1. The summed E-state index contributed by atoms with van der Waals surface area (Å²) in [5.41, 5.74) is -0.599. The van der Waals surface area contributed by atoms with E-state index in [-0.39, 0.29) is 11.1 Å². The molecule has 0 atom stereocenters. The topological polar surface area (TPSA) is 87.5 Å². The lowest BCUT2D eigenvalue weighted by atomic mass is 10.1. The van der Waals surface area contributed by atoms with E-state index in [2.05, 4.69) is 15.9 Å². The van der Waals surface area contributed by atoms with Gasteiger partial charge in [-0.1, -0.05) is 18.2 Å². The van der Waals surface area contributed by atoms with Crippen LogP contribution in [0.25, 0.3) is 0 Å². The molecule has 0 amide bonds. The highest BCUT2D eigenvalue weighted by Crippen LogP contribution is 2.32. The van der Waals surface area contributed by atoms with Crippen molar-refractivity contribution in [2.75, 3.05) is 6.54 Å². The Morgan fingerprint density at radius 3 is 2.39 bits per heavy atom. The van der Waals surface area contributed by atoms with Crippen LogP contribution in [-0.4, -0.2) is 30.8 Å².